The second kappa shape index (κ2) is 7.84. The van der Waals surface area contributed by atoms with Gasteiger partial charge in [-0.15, -0.1) is 0 Å². The number of nitrogens with one attached hydrogen (secondary N) is 1. The summed E-state index contributed by atoms with van der Waals surface area (Å²) < 4.78 is 37.2. The minimum atomic E-state index is -3.45. The van der Waals surface area contributed by atoms with Crippen LogP contribution in [-0.2, 0) is 10.0 Å². The van der Waals surface area contributed by atoms with Crippen LogP contribution in [0, 0.1) is 0 Å². The molecule has 1 amide bonds. The third-order valence-electron chi connectivity index (χ3n) is 4.93. The van der Waals surface area contributed by atoms with Crippen molar-refractivity contribution < 1.29 is 22.7 Å². The van der Waals surface area contributed by atoms with Gasteiger partial charge in [0.05, 0.1) is 10.6 Å². The maximum Gasteiger partial charge on any atom is 0.271 e. The largest absolute Gasteiger partial charge is 0.454 e. The summed E-state index contributed by atoms with van der Waals surface area (Å²) in [5, 5.41) is 4.12. The number of benzene rings is 2. The third-order valence-corrected chi connectivity index (χ3v) is 6.85. The number of nitrogens with zero attached hydrogens (tertiary/aromatic N) is 2. The van der Waals surface area contributed by atoms with Crippen LogP contribution in [0.1, 0.15) is 35.7 Å². The highest BCUT2D eigenvalue weighted by atomic mass is 32.2. The predicted molar refractivity (Wildman–Crippen MR) is 107 cm³/mol. The normalized spacial score (nSPS) is 16.8. The van der Waals surface area contributed by atoms with Gasteiger partial charge in [0, 0.05) is 18.7 Å². The molecule has 2 aromatic carbocycles. The molecule has 2 aromatic rings. The zero-order valence-corrected chi connectivity index (χ0v) is 16.7. The molecule has 1 N–H and O–H groups in total. The molecule has 9 heteroatoms. The van der Waals surface area contributed by atoms with E-state index < -0.39 is 10.0 Å². The highest BCUT2D eigenvalue weighted by molar-refractivity contribution is 7.89. The predicted octanol–water partition coefficient (Wildman–Crippen LogP) is 2.35. The van der Waals surface area contributed by atoms with E-state index in [-0.39, 0.29) is 17.6 Å². The minimum absolute atomic E-state index is 0.140. The molecule has 29 heavy (non-hydrogen) atoms. The van der Waals surface area contributed by atoms with Crippen LogP contribution in [0.25, 0.3) is 0 Å². The van der Waals surface area contributed by atoms with Crippen LogP contribution in [0.15, 0.2) is 52.5 Å². The Kier molecular flexibility index (Phi) is 5.25. The molecule has 4 rings (SSSR count). The van der Waals surface area contributed by atoms with Gasteiger partial charge in [-0.25, -0.2) is 13.8 Å². The van der Waals surface area contributed by atoms with E-state index in [0.29, 0.717) is 35.9 Å². The summed E-state index contributed by atoms with van der Waals surface area (Å²) in [5.74, 6) is 0.745. The molecule has 8 nitrogen and oxygen atoms in total. The van der Waals surface area contributed by atoms with Gasteiger partial charge < -0.3 is 9.47 Å². The molecule has 0 unspecified atom stereocenters. The van der Waals surface area contributed by atoms with Gasteiger partial charge in [-0.2, -0.15) is 9.41 Å². The Morgan fingerprint density at radius 2 is 1.66 bits per heavy atom. The molecule has 1 saturated heterocycles. The minimum Gasteiger partial charge on any atom is -0.454 e. The Balaban J connectivity index is 1.44. The molecule has 0 aliphatic carbocycles. The number of ether oxygens (including phenoxy) is 2. The van der Waals surface area contributed by atoms with Gasteiger partial charge >= 0.3 is 0 Å². The molecule has 0 atom stereocenters. The molecule has 0 saturated carbocycles. The maximum atomic E-state index is 12.6. The van der Waals surface area contributed by atoms with Gasteiger partial charge in [0.25, 0.3) is 5.91 Å². The van der Waals surface area contributed by atoms with E-state index in [0.717, 1.165) is 18.4 Å². The molecular formula is C20H21N3O5S. The lowest BCUT2D eigenvalue weighted by molar-refractivity contribution is 0.0954. The van der Waals surface area contributed by atoms with Crippen molar-refractivity contribution in [2.24, 2.45) is 5.10 Å². The second-order valence-electron chi connectivity index (χ2n) is 6.84. The first-order valence-electron chi connectivity index (χ1n) is 9.30. The fourth-order valence-corrected chi connectivity index (χ4v) is 4.76. The smallest absolute Gasteiger partial charge is 0.271 e. The molecule has 2 aliphatic rings. The van der Waals surface area contributed by atoms with Gasteiger partial charge in [-0.3, -0.25) is 4.79 Å². The van der Waals surface area contributed by atoms with Crippen molar-refractivity contribution >= 4 is 21.6 Å². The fraction of sp³-hybridized carbons (Fsp3) is 0.300. The highest BCUT2D eigenvalue weighted by Crippen LogP contribution is 2.32. The van der Waals surface area contributed by atoms with E-state index in [9.17, 15) is 13.2 Å². The van der Waals surface area contributed by atoms with Crippen LogP contribution in [-0.4, -0.2) is 44.2 Å². The molecule has 2 heterocycles. The van der Waals surface area contributed by atoms with Crippen molar-refractivity contribution in [3.05, 3.63) is 53.6 Å². The maximum absolute atomic E-state index is 12.6. The molecule has 0 aromatic heterocycles. The number of sulfonamides is 1. The van der Waals surface area contributed by atoms with Crippen LogP contribution in [0.5, 0.6) is 11.5 Å². The van der Waals surface area contributed by atoms with Gasteiger partial charge in [0.15, 0.2) is 11.5 Å². The van der Waals surface area contributed by atoms with Crippen molar-refractivity contribution in [3.8, 4) is 11.5 Å². The van der Waals surface area contributed by atoms with Gasteiger partial charge in [-0.05, 0) is 55.7 Å². The van der Waals surface area contributed by atoms with Gasteiger partial charge in [0.2, 0.25) is 16.8 Å². The van der Waals surface area contributed by atoms with Crippen LogP contribution in [0.4, 0.5) is 0 Å². The van der Waals surface area contributed by atoms with Gasteiger partial charge in [-0.1, -0.05) is 12.1 Å². The number of carbonyl (C=O) groups excluding carboxylic acids is 1. The van der Waals surface area contributed by atoms with Crippen LogP contribution in [0.2, 0.25) is 0 Å². The number of hydrazone groups is 1. The average molecular weight is 415 g/mol. The van der Waals surface area contributed by atoms with E-state index in [1.54, 1.807) is 49.4 Å². The lowest BCUT2D eigenvalue weighted by atomic mass is 10.1. The number of rotatable bonds is 5. The van der Waals surface area contributed by atoms with Gasteiger partial charge in [0.1, 0.15) is 0 Å². The fourth-order valence-electron chi connectivity index (χ4n) is 3.25. The first-order chi connectivity index (χ1) is 13.9. The Hall–Kier alpha value is -2.91. The molecule has 152 valence electrons. The first kappa shape index (κ1) is 19.4. The molecule has 0 spiro atoms. The van der Waals surface area contributed by atoms with E-state index in [1.807, 2.05) is 0 Å². The zero-order valence-electron chi connectivity index (χ0n) is 15.9. The summed E-state index contributed by atoms with van der Waals surface area (Å²) in [6.07, 6.45) is 1.79. The molecule has 0 radical (unpaired) electrons. The third kappa shape index (κ3) is 3.96. The Labute approximate surface area is 169 Å². The Morgan fingerprint density at radius 3 is 2.38 bits per heavy atom. The summed E-state index contributed by atoms with van der Waals surface area (Å²) in [5.41, 5.74) is 4.18. The average Bonchev–Trinajstić information content (AvgIpc) is 3.43. The van der Waals surface area contributed by atoms with Crippen molar-refractivity contribution in [2.45, 2.75) is 24.7 Å². The van der Waals surface area contributed by atoms with E-state index >= 15 is 0 Å². The van der Waals surface area contributed by atoms with Crippen molar-refractivity contribution in [2.75, 3.05) is 19.9 Å². The quantitative estimate of drug-likeness (QED) is 0.597. The second-order valence-corrected chi connectivity index (χ2v) is 8.78. The summed E-state index contributed by atoms with van der Waals surface area (Å²) in [6.45, 7) is 3.01. The molecule has 0 bridgehead atoms. The molecular weight excluding hydrogens is 394 g/mol. The number of hydrogen-bond donors (Lipinski definition) is 1. The Morgan fingerprint density at radius 1 is 1.00 bits per heavy atom. The zero-order chi connectivity index (χ0) is 20.4. The number of carbonyl (C=O) groups is 1. The number of fused-ring (bicyclic) bond motifs is 1. The van der Waals surface area contributed by atoms with E-state index in [1.165, 1.54) is 4.31 Å². The monoisotopic (exact) mass is 415 g/mol. The topological polar surface area (TPSA) is 97.3 Å². The SMILES string of the molecule is CC(=NNC(=O)c1ccc2c(c1)OCO2)c1ccc(S(=O)(=O)N2CCCC2)cc1. The lowest BCUT2D eigenvalue weighted by Gasteiger charge is -2.15. The van der Waals surface area contributed by atoms with Crippen molar-refractivity contribution in [3.63, 3.8) is 0 Å². The number of hydrogen-bond acceptors (Lipinski definition) is 6. The number of amides is 1. The lowest BCUT2D eigenvalue weighted by Crippen LogP contribution is -2.27. The van der Waals surface area contributed by atoms with Crippen LogP contribution >= 0.6 is 0 Å². The van der Waals surface area contributed by atoms with E-state index in [2.05, 4.69) is 10.5 Å². The van der Waals surface area contributed by atoms with Crippen molar-refractivity contribution in [1.29, 1.82) is 0 Å². The summed E-state index contributed by atoms with van der Waals surface area (Å²) >= 11 is 0. The summed E-state index contributed by atoms with van der Waals surface area (Å²) in [7, 11) is -3.45. The molecule has 1 fully saturated rings. The summed E-state index contributed by atoms with van der Waals surface area (Å²) in [4.78, 5) is 12.6. The standard InChI is InChI=1S/C20H21N3O5S/c1-14(21-22-20(24)16-6-9-18-19(12-16)28-13-27-18)15-4-7-17(8-5-15)29(25,26)23-10-2-3-11-23/h4-9,12H,2-3,10-11,13H2,1H3,(H,22,24). The van der Waals surface area contributed by atoms with E-state index in [4.69, 9.17) is 9.47 Å². The highest BCUT2D eigenvalue weighted by Gasteiger charge is 2.27. The first-order valence-corrected chi connectivity index (χ1v) is 10.7. The van der Waals surface area contributed by atoms with Crippen molar-refractivity contribution in [1.82, 2.24) is 9.73 Å². The van der Waals surface area contributed by atoms with Crippen LogP contribution < -0.4 is 14.9 Å². The summed E-state index contributed by atoms with van der Waals surface area (Å²) in [6, 6.07) is 11.4. The molecule has 2 aliphatic heterocycles. The van der Waals surface area contributed by atoms with Crippen LogP contribution in [0.3, 0.4) is 0 Å². The Bertz CT molecular complexity index is 1060.